The molecule has 0 aliphatic heterocycles. The van der Waals surface area contributed by atoms with Crippen molar-refractivity contribution in [1.82, 2.24) is 19.1 Å². The molecule has 0 saturated heterocycles. The molecule has 0 spiro atoms. The summed E-state index contributed by atoms with van der Waals surface area (Å²) in [6.45, 7) is 0.615. The lowest BCUT2D eigenvalue weighted by Gasteiger charge is -2.10. The predicted octanol–water partition coefficient (Wildman–Crippen LogP) is 2.81. The fourth-order valence-electron chi connectivity index (χ4n) is 3.49. The molecule has 0 radical (unpaired) electrons. The summed E-state index contributed by atoms with van der Waals surface area (Å²) in [5, 5.41) is 11.6. The molecule has 2 aromatic carbocycles. The van der Waals surface area contributed by atoms with E-state index in [1.165, 1.54) is 29.9 Å². The van der Waals surface area contributed by atoms with Gasteiger partial charge < -0.3 is 9.30 Å². The van der Waals surface area contributed by atoms with Gasteiger partial charge in [-0.2, -0.15) is 0 Å². The molecule has 10 nitrogen and oxygen atoms in total. The highest BCUT2D eigenvalue weighted by Crippen LogP contribution is 2.32. The minimum absolute atomic E-state index is 0.143. The van der Waals surface area contributed by atoms with Crippen molar-refractivity contribution in [3.05, 3.63) is 90.1 Å². The van der Waals surface area contributed by atoms with E-state index in [4.69, 9.17) is 16.3 Å². The molecule has 0 bridgehead atoms. The number of ether oxygens (including phenoxy) is 1. The van der Waals surface area contributed by atoms with Crippen LogP contribution >= 0.6 is 11.6 Å². The molecule has 0 fully saturated rings. The lowest BCUT2D eigenvalue weighted by molar-refractivity contribution is -0.384. The van der Waals surface area contributed by atoms with Gasteiger partial charge in [0, 0.05) is 31.4 Å². The van der Waals surface area contributed by atoms with Crippen LogP contribution in [0.15, 0.2) is 58.1 Å². The highest BCUT2D eigenvalue weighted by Gasteiger charge is 2.23. The number of nitro benzene ring substituents is 1. The zero-order valence-electron chi connectivity index (χ0n) is 16.9. The number of hydrogen-bond donors (Lipinski definition) is 1. The fourth-order valence-corrected chi connectivity index (χ4v) is 3.69. The lowest BCUT2D eigenvalue weighted by atomic mass is 10.1. The van der Waals surface area contributed by atoms with Crippen molar-refractivity contribution in [3.63, 3.8) is 0 Å². The average molecular weight is 456 g/mol. The first-order chi connectivity index (χ1) is 15.4. The van der Waals surface area contributed by atoms with Crippen LogP contribution in [-0.4, -0.2) is 37.7 Å². The Kier molecular flexibility index (Phi) is 5.89. The summed E-state index contributed by atoms with van der Waals surface area (Å²) in [5.74, 6) is 0.236. The first-order valence-corrected chi connectivity index (χ1v) is 9.99. The van der Waals surface area contributed by atoms with Crippen LogP contribution in [0.1, 0.15) is 5.56 Å². The van der Waals surface area contributed by atoms with Crippen molar-refractivity contribution in [1.29, 1.82) is 0 Å². The van der Waals surface area contributed by atoms with E-state index in [2.05, 4.69) is 9.97 Å². The van der Waals surface area contributed by atoms with Crippen LogP contribution in [0.4, 0.5) is 5.69 Å². The molecule has 2 aromatic heterocycles. The van der Waals surface area contributed by atoms with E-state index >= 15 is 0 Å². The van der Waals surface area contributed by atoms with E-state index in [0.717, 1.165) is 5.56 Å². The first-order valence-electron chi connectivity index (χ1n) is 9.61. The van der Waals surface area contributed by atoms with E-state index in [-0.39, 0.29) is 53.0 Å². The van der Waals surface area contributed by atoms with Gasteiger partial charge in [-0.05, 0) is 11.6 Å². The summed E-state index contributed by atoms with van der Waals surface area (Å²) in [7, 11) is 1.50. The van der Waals surface area contributed by atoms with Crippen LogP contribution in [-0.2, 0) is 17.8 Å². The van der Waals surface area contributed by atoms with Crippen LogP contribution in [0.3, 0.4) is 0 Å². The van der Waals surface area contributed by atoms with Gasteiger partial charge in [-0.1, -0.05) is 41.9 Å². The Balaban J connectivity index is 2.06. The number of fused-ring (bicyclic) bond motifs is 1. The molecule has 0 aliphatic carbocycles. The fraction of sp³-hybridized carbons (Fsp3) is 0.190. The second-order valence-corrected chi connectivity index (χ2v) is 7.41. The maximum atomic E-state index is 12.8. The highest BCUT2D eigenvalue weighted by molar-refractivity contribution is 6.33. The van der Waals surface area contributed by atoms with Crippen molar-refractivity contribution in [2.45, 2.75) is 13.1 Å². The number of nitro groups is 1. The van der Waals surface area contributed by atoms with Crippen LogP contribution < -0.4 is 11.2 Å². The number of nitrogens with one attached hydrogen (secondary N) is 1. The summed E-state index contributed by atoms with van der Waals surface area (Å²) in [6, 6.07) is 13.3. The van der Waals surface area contributed by atoms with Gasteiger partial charge in [0.1, 0.15) is 5.82 Å². The highest BCUT2D eigenvalue weighted by atomic mass is 35.5. The summed E-state index contributed by atoms with van der Waals surface area (Å²) in [4.78, 5) is 43.0. The van der Waals surface area contributed by atoms with Crippen LogP contribution in [0, 0.1) is 10.1 Å². The third-order valence-electron chi connectivity index (χ3n) is 4.99. The molecule has 4 rings (SSSR count). The number of benzene rings is 2. The molecule has 4 aromatic rings. The Bertz CT molecular complexity index is 1420. The maximum absolute atomic E-state index is 12.8. The SMILES string of the molecule is COCCn1c(=O)[nH]c(=O)c2c1nc(-c1cc([N+](=O)[O-])ccc1Cl)n2Cc1ccccc1. The Labute approximate surface area is 185 Å². The third-order valence-corrected chi connectivity index (χ3v) is 5.32. The van der Waals surface area contributed by atoms with Gasteiger partial charge in [0.15, 0.2) is 11.2 Å². The van der Waals surface area contributed by atoms with Crippen molar-refractivity contribution < 1.29 is 9.66 Å². The van der Waals surface area contributed by atoms with Gasteiger partial charge in [0.2, 0.25) is 0 Å². The number of halogens is 1. The normalized spacial score (nSPS) is 11.2. The Morgan fingerprint density at radius 2 is 1.91 bits per heavy atom. The molecule has 164 valence electrons. The Morgan fingerprint density at radius 1 is 1.16 bits per heavy atom. The smallest absolute Gasteiger partial charge is 0.330 e. The Hall–Kier alpha value is -3.76. The number of methoxy groups -OCH3 is 1. The Morgan fingerprint density at radius 3 is 2.59 bits per heavy atom. The number of nitrogens with zero attached hydrogens (tertiary/aromatic N) is 4. The first kappa shape index (κ1) is 21.5. The number of aromatic amines is 1. The molecule has 0 amide bonds. The molecule has 0 aliphatic rings. The standard InChI is InChI=1S/C21H18ClN5O5/c1-32-10-9-25-19-17(20(28)24-21(25)29)26(12-13-5-3-2-4-6-13)18(23-19)15-11-14(27(30)31)7-8-16(15)22/h2-8,11H,9-10,12H2,1H3,(H,24,28,29). The topological polar surface area (TPSA) is 125 Å². The zero-order valence-corrected chi connectivity index (χ0v) is 17.7. The molecule has 11 heteroatoms. The summed E-state index contributed by atoms with van der Waals surface area (Å²) >= 11 is 6.38. The number of hydrogen-bond acceptors (Lipinski definition) is 6. The molecule has 1 N–H and O–H groups in total. The van der Waals surface area contributed by atoms with Gasteiger partial charge >= 0.3 is 5.69 Å². The van der Waals surface area contributed by atoms with Crippen molar-refractivity contribution in [2.75, 3.05) is 13.7 Å². The van der Waals surface area contributed by atoms with Gasteiger partial charge in [0.25, 0.3) is 11.2 Å². The van der Waals surface area contributed by atoms with Gasteiger partial charge in [-0.25, -0.2) is 9.78 Å². The van der Waals surface area contributed by atoms with Crippen molar-refractivity contribution in [2.24, 2.45) is 0 Å². The predicted molar refractivity (Wildman–Crippen MR) is 119 cm³/mol. The van der Waals surface area contributed by atoms with E-state index in [0.29, 0.717) is 0 Å². The van der Waals surface area contributed by atoms with Crippen LogP contribution in [0.5, 0.6) is 0 Å². The summed E-state index contributed by atoms with van der Waals surface area (Å²) < 4.78 is 7.99. The lowest BCUT2D eigenvalue weighted by Crippen LogP contribution is -2.32. The van der Waals surface area contributed by atoms with Gasteiger partial charge in [-0.3, -0.25) is 24.5 Å². The number of non-ortho nitro benzene ring substituents is 1. The molecule has 0 unspecified atom stereocenters. The maximum Gasteiger partial charge on any atom is 0.330 e. The summed E-state index contributed by atoms with van der Waals surface area (Å²) in [5.41, 5.74) is 0.0251. The van der Waals surface area contributed by atoms with Crippen molar-refractivity contribution >= 4 is 28.5 Å². The van der Waals surface area contributed by atoms with E-state index in [1.807, 2.05) is 30.3 Å². The van der Waals surface area contributed by atoms with Gasteiger partial charge in [0.05, 0.1) is 23.1 Å². The van der Waals surface area contributed by atoms with E-state index in [1.54, 1.807) is 4.57 Å². The zero-order chi connectivity index (χ0) is 22.8. The molecular weight excluding hydrogens is 438 g/mol. The average Bonchev–Trinajstić information content (AvgIpc) is 3.13. The number of rotatable bonds is 7. The number of aromatic nitrogens is 4. The quantitative estimate of drug-likeness (QED) is 0.337. The molecular formula is C21H18ClN5O5. The number of imidazole rings is 1. The van der Waals surface area contributed by atoms with E-state index < -0.39 is 16.2 Å². The van der Waals surface area contributed by atoms with Crippen LogP contribution in [0.2, 0.25) is 5.02 Å². The molecule has 32 heavy (non-hydrogen) atoms. The molecule has 0 atom stereocenters. The number of H-pyrrole nitrogens is 1. The minimum Gasteiger partial charge on any atom is -0.383 e. The van der Waals surface area contributed by atoms with Crippen molar-refractivity contribution in [3.8, 4) is 11.4 Å². The molecule has 0 saturated carbocycles. The second kappa shape index (κ2) is 8.77. The third kappa shape index (κ3) is 3.93. The second-order valence-electron chi connectivity index (χ2n) is 7.00. The van der Waals surface area contributed by atoms with Gasteiger partial charge in [-0.15, -0.1) is 0 Å². The van der Waals surface area contributed by atoms with E-state index in [9.17, 15) is 19.7 Å². The summed E-state index contributed by atoms with van der Waals surface area (Å²) in [6.07, 6.45) is 0. The minimum atomic E-state index is -0.624. The largest absolute Gasteiger partial charge is 0.383 e. The molecule has 2 heterocycles. The van der Waals surface area contributed by atoms with Crippen LogP contribution in [0.25, 0.3) is 22.6 Å². The monoisotopic (exact) mass is 455 g/mol.